The monoisotopic (exact) mass is 310 g/mol. The summed E-state index contributed by atoms with van der Waals surface area (Å²) >= 11 is 1.67. The maximum absolute atomic E-state index is 11.7. The molecule has 0 aliphatic carbocycles. The molecule has 0 spiro atoms. The number of carbonyl (C=O) groups excluding carboxylic acids is 1. The van der Waals surface area contributed by atoms with Gasteiger partial charge in [-0.25, -0.2) is 0 Å². The molecule has 0 saturated heterocycles. The van der Waals surface area contributed by atoms with Gasteiger partial charge in [-0.15, -0.1) is 0 Å². The van der Waals surface area contributed by atoms with Crippen molar-refractivity contribution < 1.29 is 9.21 Å². The number of rotatable bonds is 4. The molecule has 2 aromatic heterocycles. The summed E-state index contributed by atoms with van der Waals surface area (Å²) in [7, 11) is 0. The Morgan fingerprint density at radius 1 is 1.09 bits per heavy atom. The molecule has 112 valence electrons. The second-order valence-corrected chi connectivity index (χ2v) is 6.36. The van der Waals surface area contributed by atoms with E-state index in [1.165, 1.54) is 16.7 Å². The summed E-state index contributed by atoms with van der Waals surface area (Å²) in [5, 5.41) is 4.20. The lowest BCUT2D eigenvalue weighted by Gasteiger charge is -2.14. The van der Waals surface area contributed by atoms with Gasteiger partial charge in [-0.05, 0) is 54.8 Å². The van der Waals surface area contributed by atoms with E-state index in [4.69, 9.17) is 4.42 Å². The molecule has 3 aromatic rings. The molecule has 0 aliphatic heterocycles. The third kappa shape index (κ3) is 2.77. The highest BCUT2D eigenvalue weighted by Crippen LogP contribution is 2.35. The van der Waals surface area contributed by atoms with Crippen molar-refractivity contribution in [1.82, 2.24) is 0 Å². The average Bonchev–Trinajstić information content (AvgIpc) is 3.11. The van der Waals surface area contributed by atoms with Crippen molar-refractivity contribution in [2.75, 3.05) is 0 Å². The van der Waals surface area contributed by atoms with E-state index in [9.17, 15) is 4.79 Å². The molecular weight excluding hydrogens is 292 g/mol. The van der Waals surface area contributed by atoms with Crippen LogP contribution in [0.4, 0.5) is 0 Å². The molecule has 0 amide bonds. The normalized spacial score (nSPS) is 12.3. The van der Waals surface area contributed by atoms with E-state index in [1.54, 1.807) is 18.3 Å². The van der Waals surface area contributed by atoms with Crippen LogP contribution in [0.5, 0.6) is 0 Å². The smallest absolute Gasteiger partial charge is 0.163 e. The Balaban J connectivity index is 2.12. The third-order valence-electron chi connectivity index (χ3n) is 3.89. The molecule has 0 saturated carbocycles. The average molecular weight is 310 g/mol. The van der Waals surface area contributed by atoms with Crippen LogP contribution in [0, 0.1) is 13.8 Å². The van der Waals surface area contributed by atoms with E-state index in [0.717, 1.165) is 5.76 Å². The van der Waals surface area contributed by atoms with Crippen molar-refractivity contribution in [3.05, 3.63) is 80.9 Å². The van der Waals surface area contributed by atoms with E-state index < -0.39 is 0 Å². The van der Waals surface area contributed by atoms with Gasteiger partial charge in [0.25, 0.3) is 0 Å². The number of Topliss-reactive ketones (excluding diaryl/α,β-unsaturated/α-hetero) is 1. The fraction of sp³-hybridized carbons (Fsp3) is 0.211. The van der Waals surface area contributed by atoms with Crippen LogP contribution in [0.1, 0.15) is 51.4 Å². The molecular formula is C19H18O2S. The Morgan fingerprint density at radius 2 is 1.82 bits per heavy atom. The molecule has 22 heavy (non-hydrogen) atoms. The van der Waals surface area contributed by atoms with Crippen LogP contribution in [0.25, 0.3) is 0 Å². The molecule has 2 heterocycles. The quantitative estimate of drug-likeness (QED) is 0.609. The largest absolute Gasteiger partial charge is 0.465 e. The van der Waals surface area contributed by atoms with Crippen LogP contribution in [-0.2, 0) is 0 Å². The first-order valence-electron chi connectivity index (χ1n) is 7.26. The number of hydrogen-bond acceptors (Lipinski definition) is 3. The van der Waals surface area contributed by atoms with Gasteiger partial charge >= 0.3 is 0 Å². The number of carbonyl (C=O) groups is 1. The SMILES string of the molecule is CC(=O)c1cc(C(c2ccc(C)cc2)c2ccsc2)oc1C. The highest BCUT2D eigenvalue weighted by atomic mass is 32.1. The van der Waals surface area contributed by atoms with Gasteiger partial charge in [0.15, 0.2) is 5.78 Å². The second-order valence-electron chi connectivity index (χ2n) is 5.58. The molecule has 1 aromatic carbocycles. The van der Waals surface area contributed by atoms with E-state index >= 15 is 0 Å². The van der Waals surface area contributed by atoms with E-state index in [2.05, 4.69) is 48.0 Å². The summed E-state index contributed by atoms with van der Waals surface area (Å²) in [6.45, 7) is 5.50. The first-order chi connectivity index (χ1) is 10.6. The maximum Gasteiger partial charge on any atom is 0.163 e. The fourth-order valence-electron chi connectivity index (χ4n) is 2.72. The van der Waals surface area contributed by atoms with Gasteiger partial charge in [-0.2, -0.15) is 11.3 Å². The fourth-order valence-corrected chi connectivity index (χ4v) is 3.40. The summed E-state index contributed by atoms with van der Waals surface area (Å²) in [6.07, 6.45) is 0. The summed E-state index contributed by atoms with van der Waals surface area (Å²) < 4.78 is 5.93. The van der Waals surface area contributed by atoms with Gasteiger partial charge in [0.2, 0.25) is 0 Å². The van der Waals surface area contributed by atoms with Gasteiger partial charge in [0, 0.05) is 0 Å². The van der Waals surface area contributed by atoms with Crippen molar-refractivity contribution in [3.63, 3.8) is 0 Å². The van der Waals surface area contributed by atoms with Crippen molar-refractivity contribution in [2.45, 2.75) is 26.7 Å². The number of ketones is 1. The standard InChI is InChI=1S/C19H18O2S/c1-12-4-6-15(7-5-12)19(16-8-9-22-11-16)18-10-17(13(2)20)14(3)21-18/h4-11,19H,1-3H3. The van der Waals surface area contributed by atoms with Crippen LogP contribution in [-0.4, -0.2) is 5.78 Å². The van der Waals surface area contributed by atoms with Gasteiger partial charge in [-0.3, -0.25) is 4.79 Å². The predicted molar refractivity (Wildman–Crippen MR) is 89.9 cm³/mol. The van der Waals surface area contributed by atoms with Crippen LogP contribution in [0.2, 0.25) is 0 Å². The minimum absolute atomic E-state index is 0.0265. The molecule has 3 heteroatoms. The minimum Gasteiger partial charge on any atom is -0.465 e. The number of aryl methyl sites for hydroxylation is 2. The Kier molecular flexibility index (Phi) is 3.99. The minimum atomic E-state index is 0.0265. The number of furan rings is 1. The zero-order chi connectivity index (χ0) is 15.7. The first-order valence-corrected chi connectivity index (χ1v) is 8.20. The van der Waals surface area contributed by atoms with E-state index in [1.807, 2.05) is 13.0 Å². The van der Waals surface area contributed by atoms with Crippen LogP contribution >= 0.6 is 11.3 Å². The van der Waals surface area contributed by atoms with Crippen molar-refractivity contribution in [3.8, 4) is 0 Å². The molecule has 0 radical (unpaired) electrons. The third-order valence-corrected chi connectivity index (χ3v) is 4.59. The van der Waals surface area contributed by atoms with Gasteiger partial charge in [0.05, 0.1) is 11.5 Å². The van der Waals surface area contributed by atoms with E-state index in [0.29, 0.717) is 11.3 Å². The Morgan fingerprint density at radius 3 is 2.36 bits per heavy atom. The second kappa shape index (κ2) is 5.93. The van der Waals surface area contributed by atoms with Gasteiger partial charge < -0.3 is 4.42 Å². The van der Waals surface area contributed by atoms with Crippen LogP contribution in [0.15, 0.2) is 51.6 Å². The lowest BCUT2D eigenvalue weighted by Crippen LogP contribution is -2.01. The molecule has 1 unspecified atom stereocenters. The lowest BCUT2D eigenvalue weighted by molar-refractivity contribution is 0.101. The number of thiophene rings is 1. The molecule has 0 N–H and O–H groups in total. The van der Waals surface area contributed by atoms with Crippen molar-refractivity contribution in [1.29, 1.82) is 0 Å². The first kappa shape index (κ1) is 14.8. The molecule has 0 fully saturated rings. The zero-order valence-corrected chi connectivity index (χ0v) is 13.7. The molecule has 0 aliphatic rings. The summed E-state index contributed by atoms with van der Waals surface area (Å²) in [5.74, 6) is 1.58. The number of benzene rings is 1. The molecule has 1 atom stereocenters. The zero-order valence-electron chi connectivity index (χ0n) is 12.9. The maximum atomic E-state index is 11.7. The number of hydrogen-bond donors (Lipinski definition) is 0. The van der Waals surface area contributed by atoms with Crippen molar-refractivity contribution >= 4 is 17.1 Å². The summed E-state index contributed by atoms with van der Waals surface area (Å²) in [4.78, 5) is 11.7. The van der Waals surface area contributed by atoms with Crippen molar-refractivity contribution in [2.24, 2.45) is 0 Å². The van der Waals surface area contributed by atoms with Gasteiger partial charge in [0.1, 0.15) is 11.5 Å². The molecule has 2 nitrogen and oxygen atoms in total. The highest BCUT2D eigenvalue weighted by Gasteiger charge is 2.23. The van der Waals surface area contributed by atoms with Crippen LogP contribution < -0.4 is 0 Å². The Hall–Kier alpha value is -2.13. The van der Waals surface area contributed by atoms with Crippen LogP contribution in [0.3, 0.4) is 0 Å². The lowest BCUT2D eigenvalue weighted by atomic mass is 9.90. The topological polar surface area (TPSA) is 30.2 Å². The summed E-state index contributed by atoms with van der Waals surface area (Å²) in [5.41, 5.74) is 4.26. The Labute approximate surface area is 134 Å². The van der Waals surface area contributed by atoms with Gasteiger partial charge in [-0.1, -0.05) is 29.8 Å². The molecule has 0 bridgehead atoms. The van der Waals surface area contributed by atoms with E-state index in [-0.39, 0.29) is 11.7 Å². The highest BCUT2D eigenvalue weighted by molar-refractivity contribution is 7.08. The predicted octanol–water partition coefficient (Wildman–Crippen LogP) is 5.34. The Bertz CT molecular complexity index is 779. The molecule has 3 rings (SSSR count). The summed E-state index contributed by atoms with van der Waals surface area (Å²) in [6, 6.07) is 12.5.